The summed E-state index contributed by atoms with van der Waals surface area (Å²) in [6, 6.07) is 17.3. The SMILES string of the molecule is CCOC(CSc1ccc(CCOC(=O)c2ccccc2)cc1)OCC. The molecule has 0 heterocycles. The number of carbonyl (C=O) groups is 1. The molecule has 0 aliphatic carbocycles. The van der Waals surface area contributed by atoms with E-state index < -0.39 is 0 Å². The Labute approximate surface area is 159 Å². The number of hydrogen-bond acceptors (Lipinski definition) is 5. The van der Waals surface area contributed by atoms with Gasteiger partial charge >= 0.3 is 5.97 Å². The highest BCUT2D eigenvalue weighted by atomic mass is 32.2. The fraction of sp³-hybridized carbons (Fsp3) is 0.381. The molecule has 2 aromatic rings. The minimum absolute atomic E-state index is 0.174. The summed E-state index contributed by atoms with van der Waals surface area (Å²) in [4.78, 5) is 13.1. The average Bonchev–Trinajstić information content (AvgIpc) is 2.68. The van der Waals surface area contributed by atoms with Crippen molar-refractivity contribution in [1.29, 1.82) is 0 Å². The maximum Gasteiger partial charge on any atom is 0.338 e. The van der Waals surface area contributed by atoms with Gasteiger partial charge in [0.2, 0.25) is 0 Å². The van der Waals surface area contributed by atoms with Gasteiger partial charge in [-0.15, -0.1) is 11.8 Å². The lowest BCUT2D eigenvalue weighted by Crippen LogP contribution is -2.19. The fourth-order valence-electron chi connectivity index (χ4n) is 2.35. The number of hydrogen-bond donors (Lipinski definition) is 0. The number of carbonyl (C=O) groups excluding carboxylic acids is 1. The molecule has 0 spiro atoms. The van der Waals surface area contributed by atoms with Crippen LogP contribution in [0.25, 0.3) is 0 Å². The van der Waals surface area contributed by atoms with Gasteiger partial charge in [0.05, 0.1) is 12.2 Å². The molecule has 0 saturated carbocycles. The van der Waals surface area contributed by atoms with E-state index in [-0.39, 0.29) is 12.3 Å². The number of thioether (sulfide) groups is 1. The van der Waals surface area contributed by atoms with Crippen molar-refractivity contribution >= 4 is 17.7 Å². The third-order valence-corrected chi connectivity index (χ3v) is 4.69. The maximum absolute atomic E-state index is 11.9. The van der Waals surface area contributed by atoms with Gasteiger partial charge in [0.1, 0.15) is 0 Å². The van der Waals surface area contributed by atoms with Gasteiger partial charge in [-0.1, -0.05) is 30.3 Å². The third kappa shape index (κ3) is 7.20. The van der Waals surface area contributed by atoms with Gasteiger partial charge in [0.25, 0.3) is 0 Å². The van der Waals surface area contributed by atoms with Gasteiger partial charge in [-0.25, -0.2) is 4.79 Å². The van der Waals surface area contributed by atoms with Crippen LogP contribution >= 0.6 is 11.8 Å². The van der Waals surface area contributed by atoms with Crippen LogP contribution < -0.4 is 0 Å². The predicted octanol–water partition coefficient (Wildman–Crippen LogP) is 4.58. The first-order valence-corrected chi connectivity index (χ1v) is 9.88. The number of esters is 1. The predicted molar refractivity (Wildman–Crippen MR) is 105 cm³/mol. The molecule has 0 fully saturated rings. The van der Waals surface area contributed by atoms with Crippen molar-refractivity contribution in [1.82, 2.24) is 0 Å². The van der Waals surface area contributed by atoms with Crippen LogP contribution in [0.3, 0.4) is 0 Å². The van der Waals surface area contributed by atoms with Crippen molar-refractivity contribution in [2.75, 3.05) is 25.6 Å². The lowest BCUT2D eigenvalue weighted by molar-refractivity contribution is -0.120. The Morgan fingerprint density at radius 2 is 1.62 bits per heavy atom. The summed E-state index contributed by atoms with van der Waals surface area (Å²) in [5.41, 5.74) is 1.72. The third-order valence-electron chi connectivity index (χ3n) is 3.65. The number of rotatable bonds is 11. The molecular weight excluding hydrogens is 348 g/mol. The quantitative estimate of drug-likeness (QED) is 0.327. The van der Waals surface area contributed by atoms with Gasteiger partial charge in [0.15, 0.2) is 6.29 Å². The topological polar surface area (TPSA) is 44.8 Å². The van der Waals surface area contributed by atoms with Crippen LogP contribution in [-0.4, -0.2) is 37.8 Å². The largest absolute Gasteiger partial charge is 0.462 e. The van der Waals surface area contributed by atoms with Crippen LogP contribution in [-0.2, 0) is 20.6 Å². The lowest BCUT2D eigenvalue weighted by Gasteiger charge is -2.16. The van der Waals surface area contributed by atoms with E-state index in [9.17, 15) is 4.79 Å². The summed E-state index contributed by atoms with van der Waals surface area (Å²) >= 11 is 1.71. The first-order valence-electron chi connectivity index (χ1n) is 8.90. The Hall–Kier alpha value is -1.82. The Morgan fingerprint density at radius 1 is 0.962 bits per heavy atom. The molecule has 0 saturated heterocycles. The van der Waals surface area contributed by atoms with Crippen LogP contribution in [0.4, 0.5) is 0 Å². The van der Waals surface area contributed by atoms with E-state index in [0.29, 0.717) is 31.8 Å². The second-order valence-corrected chi connectivity index (χ2v) is 6.64. The fourth-order valence-corrected chi connectivity index (χ4v) is 3.20. The molecule has 0 bridgehead atoms. The molecule has 0 radical (unpaired) electrons. The van der Waals surface area contributed by atoms with Crippen molar-refractivity contribution in [2.45, 2.75) is 31.5 Å². The monoisotopic (exact) mass is 374 g/mol. The molecule has 5 heteroatoms. The molecule has 140 valence electrons. The Bertz CT molecular complexity index is 637. The number of ether oxygens (including phenoxy) is 3. The highest BCUT2D eigenvalue weighted by Crippen LogP contribution is 2.21. The Balaban J connectivity index is 1.74. The zero-order valence-corrected chi connectivity index (χ0v) is 16.2. The minimum Gasteiger partial charge on any atom is -0.462 e. The van der Waals surface area contributed by atoms with Crippen LogP contribution in [0, 0.1) is 0 Å². The summed E-state index contributed by atoms with van der Waals surface area (Å²) < 4.78 is 16.4. The van der Waals surface area contributed by atoms with E-state index >= 15 is 0 Å². The number of benzene rings is 2. The highest BCUT2D eigenvalue weighted by molar-refractivity contribution is 7.99. The molecule has 0 aromatic heterocycles. The zero-order valence-electron chi connectivity index (χ0n) is 15.4. The summed E-state index contributed by atoms with van der Waals surface area (Å²) in [5, 5.41) is 0. The summed E-state index contributed by atoms with van der Waals surface area (Å²) in [6.45, 7) is 5.60. The second kappa shape index (κ2) is 11.7. The molecule has 0 unspecified atom stereocenters. The average molecular weight is 375 g/mol. The molecule has 0 aliphatic heterocycles. The normalized spacial score (nSPS) is 10.9. The van der Waals surface area contributed by atoms with Gasteiger partial charge < -0.3 is 14.2 Å². The van der Waals surface area contributed by atoms with Gasteiger partial charge in [-0.05, 0) is 43.7 Å². The van der Waals surface area contributed by atoms with Crippen LogP contribution in [0.1, 0.15) is 29.8 Å². The molecule has 0 atom stereocenters. The highest BCUT2D eigenvalue weighted by Gasteiger charge is 2.09. The molecule has 26 heavy (non-hydrogen) atoms. The van der Waals surface area contributed by atoms with Gasteiger partial charge in [-0.2, -0.15) is 0 Å². The van der Waals surface area contributed by atoms with Crippen molar-refractivity contribution in [3.8, 4) is 0 Å². The van der Waals surface area contributed by atoms with Crippen molar-refractivity contribution in [3.05, 3.63) is 65.7 Å². The molecule has 2 aromatic carbocycles. The van der Waals surface area contributed by atoms with E-state index in [1.165, 1.54) is 4.90 Å². The van der Waals surface area contributed by atoms with E-state index in [2.05, 4.69) is 24.3 Å². The van der Waals surface area contributed by atoms with E-state index in [4.69, 9.17) is 14.2 Å². The van der Waals surface area contributed by atoms with Crippen LogP contribution in [0.15, 0.2) is 59.5 Å². The zero-order chi connectivity index (χ0) is 18.6. The van der Waals surface area contributed by atoms with Gasteiger partial charge in [-0.3, -0.25) is 0 Å². The molecule has 0 aliphatic rings. The molecule has 2 rings (SSSR count). The first kappa shape index (κ1) is 20.5. The minimum atomic E-state index is -0.282. The van der Waals surface area contributed by atoms with E-state index in [1.54, 1.807) is 23.9 Å². The smallest absolute Gasteiger partial charge is 0.338 e. The molecule has 4 nitrogen and oxygen atoms in total. The van der Waals surface area contributed by atoms with Crippen LogP contribution in [0.5, 0.6) is 0 Å². The standard InChI is InChI=1S/C21H26O4S/c1-3-23-20(24-4-2)16-26-19-12-10-17(11-13-19)14-15-25-21(22)18-8-6-5-7-9-18/h5-13,20H,3-4,14-16H2,1-2H3. The Morgan fingerprint density at radius 3 is 2.23 bits per heavy atom. The van der Waals surface area contributed by atoms with E-state index in [1.807, 2.05) is 32.0 Å². The molecule has 0 N–H and O–H groups in total. The Kier molecular flexibility index (Phi) is 9.24. The van der Waals surface area contributed by atoms with Crippen molar-refractivity contribution < 1.29 is 19.0 Å². The summed E-state index contributed by atoms with van der Waals surface area (Å²) in [7, 11) is 0. The van der Waals surface area contributed by atoms with Gasteiger partial charge in [0, 0.05) is 30.3 Å². The van der Waals surface area contributed by atoms with Crippen molar-refractivity contribution in [2.24, 2.45) is 0 Å². The van der Waals surface area contributed by atoms with Crippen LogP contribution in [0.2, 0.25) is 0 Å². The summed E-state index contributed by atoms with van der Waals surface area (Å²) in [5.74, 6) is 0.478. The summed E-state index contributed by atoms with van der Waals surface area (Å²) in [6.07, 6.45) is 0.524. The lowest BCUT2D eigenvalue weighted by atomic mass is 10.2. The van der Waals surface area contributed by atoms with Crippen molar-refractivity contribution in [3.63, 3.8) is 0 Å². The second-order valence-electron chi connectivity index (χ2n) is 5.55. The first-order chi connectivity index (χ1) is 12.7. The maximum atomic E-state index is 11.9. The molecule has 0 amide bonds. The van der Waals surface area contributed by atoms with E-state index in [0.717, 1.165) is 11.3 Å². The molecular formula is C21H26O4S.